The van der Waals surface area contributed by atoms with Crippen molar-refractivity contribution >= 4 is 28.6 Å². The monoisotopic (exact) mass is 221 g/mol. The predicted octanol–water partition coefficient (Wildman–Crippen LogP) is 2.81. The maximum atomic E-state index is 6.08. The molecule has 0 bridgehead atoms. The molecule has 0 atom stereocenters. The summed E-state index contributed by atoms with van der Waals surface area (Å²) >= 11 is 6.08. The molecule has 1 aromatic heterocycles. The van der Waals surface area contributed by atoms with E-state index >= 15 is 0 Å². The number of aromatic nitrogens is 2. The highest BCUT2D eigenvalue weighted by atomic mass is 35.5. The number of benzene rings is 1. The number of rotatable bonds is 0. The van der Waals surface area contributed by atoms with Gasteiger partial charge in [-0.25, -0.2) is 4.98 Å². The van der Waals surface area contributed by atoms with E-state index in [-0.39, 0.29) is 0 Å². The van der Waals surface area contributed by atoms with E-state index in [1.807, 2.05) is 19.1 Å². The second-order valence-electron chi connectivity index (χ2n) is 3.91. The number of nitrogens with zero attached hydrogens (tertiary/aromatic N) is 2. The van der Waals surface area contributed by atoms with Crippen LogP contribution in [0.1, 0.15) is 12.0 Å². The summed E-state index contributed by atoms with van der Waals surface area (Å²) in [6.45, 7) is 4.07. The van der Waals surface area contributed by atoms with Crippen molar-refractivity contribution in [1.29, 1.82) is 0 Å². The van der Waals surface area contributed by atoms with Gasteiger partial charge in [-0.3, -0.25) is 0 Å². The number of halogens is 1. The fraction of sp³-hybridized carbons (Fsp3) is 0.364. The van der Waals surface area contributed by atoms with Crippen LogP contribution in [0.15, 0.2) is 12.1 Å². The molecular formula is C11H12ClN3. The SMILES string of the molecule is Cc1c(Cl)ccc2c1nc1n2CCCN1. The Balaban J connectivity index is 2.36. The van der Waals surface area contributed by atoms with Crippen molar-refractivity contribution in [1.82, 2.24) is 9.55 Å². The van der Waals surface area contributed by atoms with Crippen molar-refractivity contribution in [3.63, 3.8) is 0 Å². The molecule has 0 amide bonds. The first kappa shape index (κ1) is 9.04. The van der Waals surface area contributed by atoms with Crippen LogP contribution in [0.5, 0.6) is 0 Å². The van der Waals surface area contributed by atoms with Crippen LogP contribution < -0.4 is 5.32 Å². The second kappa shape index (κ2) is 3.14. The Kier molecular flexibility index (Phi) is 1.89. The number of nitrogens with one attached hydrogen (secondary N) is 1. The van der Waals surface area contributed by atoms with Gasteiger partial charge in [-0.15, -0.1) is 0 Å². The summed E-state index contributed by atoms with van der Waals surface area (Å²) < 4.78 is 2.22. The minimum absolute atomic E-state index is 0.790. The van der Waals surface area contributed by atoms with Crippen LogP contribution in [0.3, 0.4) is 0 Å². The van der Waals surface area contributed by atoms with Crippen molar-refractivity contribution in [2.45, 2.75) is 19.9 Å². The van der Waals surface area contributed by atoms with Crippen LogP contribution in [0.4, 0.5) is 5.95 Å². The van der Waals surface area contributed by atoms with Crippen LogP contribution in [-0.4, -0.2) is 16.1 Å². The predicted molar refractivity (Wildman–Crippen MR) is 62.6 cm³/mol. The van der Waals surface area contributed by atoms with Crippen molar-refractivity contribution in [3.05, 3.63) is 22.7 Å². The van der Waals surface area contributed by atoms with E-state index in [2.05, 4.69) is 14.9 Å². The van der Waals surface area contributed by atoms with E-state index in [0.29, 0.717) is 0 Å². The van der Waals surface area contributed by atoms with Gasteiger partial charge < -0.3 is 9.88 Å². The normalized spacial score (nSPS) is 15.1. The Morgan fingerprint density at radius 1 is 1.47 bits per heavy atom. The highest BCUT2D eigenvalue weighted by Gasteiger charge is 2.15. The lowest BCUT2D eigenvalue weighted by Crippen LogP contribution is -2.16. The third-order valence-corrected chi connectivity index (χ3v) is 3.36. The summed E-state index contributed by atoms with van der Waals surface area (Å²) in [7, 11) is 0. The van der Waals surface area contributed by atoms with Crippen molar-refractivity contribution < 1.29 is 0 Å². The molecule has 1 aliphatic heterocycles. The number of hydrogen-bond donors (Lipinski definition) is 1. The lowest BCUT2D eigenvalue weighted by molar-refractivity contribution is 0.642. The van der Waals surface area contributed by atoms with Gasteiger partial charge >= 0.3 is 0 Å². The lowest BCUT2D eigenvalue weighted by Gasteiger charge is -2.15. The molecule has 0 saturated carbocycles. The average molecular weight is 222 g/mol. The van der Waals surface area contributed by atoms with Gasteiger partial charge in [-0.1, -0.05) is 11.6 Å². The zero-order valence-corrected chi connectivity index (χ0v) is 9.30. The fourth-order valence-corrected chi connectivity index (χ4v) is 2.25. The number of fused-ring (bicyclic) bond motifs is 3. The van der Waals surface area contributed by atoms with Crippen LogP contribution in [0, 0.1) is 6.92 Å². The molecule has 1 aliphatic rings. The standard InChI is InChI=1S/C11H12ClN3/c1-7-8(12)3-4-9-10(7)14-11-13-5-2-6-15(9)11/h3-4H,2,5-6H2,1H3,(H,13,14). The summed E-state index contributed by atoms with van der Waals surface area (Å²) in [4.78, 5) is 4.58. The Morgan fingerprint density at radius 2 is 2.33 bits per heavy atom. The largest absolute Gasteiger partial charge is 0.356 e. The van der Waals surface area contributed by atoms with E-state index in [0.717, 1.165) is 41.6 Å². The smallest absolute Gasteiger partial charge is 0.203 e. The quantitative estimate of drug-likeness (QED) is 0.742. The molecule has 0 fully saturated rings. The fourth-order valence-electron chi connectivity index (χ4n) is 2.10. The third-order valence-electron chi connectivity index (χ3n) is 2.95. The van der Waals surface area contributed by atoms with E-state index in [1.54, 1.807) is 0 Å². The number of anilines is 1. The van der Waals surface area contributed by atoms with Crippen LogP contribution >= 0.6 is 11.6 Å². The van der Waals surface area contributed by atoms with E-state index < -0.39 is 0 Å². The summed E-state index contributed by atoms with van der Waals surface area (Å²) in [6.07, 6.45) is 1.15. The Labute approximate surface area is 93.1 Å². The van der Waals surface area contributed by atoms with Crippen molar-refractivity contribution in [2.24, 2.45) is 0 Å². The zero-order valence-electron chi connectivity index (χ0n) is 8.55. The summed E-state index contributed by atoms with van der Waals surface area (Å²) in [5.41, 5.74) is 3.27. The van der Waals surface area contributed by atoms with Gasteiger partial charge in [0.25, 0.3) is 0 Å². The molecule has 0 saturated heterocycles. The first-order valence-corrected chi connectivity index (χ1v) is 5.54. The number of imidazole rings is 1. The summed E-state index contributed by atoms with van der Waals surface area (Å²) in [5.74, 6) is 0.974. The van der Waals surface area contributed by atoms with Gasteiger partial charge in [-0.2, -0.15) is 0 Å². The topological polar surface area (TPSA) is 29.9 Å². The van der Waals surface area contributed by atoms with Crippen LogP contribution in [0.25, 0.3) is 11.0 Å². The molecule has 0 spiro atoms. The van der Waals surface area contributed by atoms with Gasteiger partial charge in [0.2, 0.25) is 5.95 Å². The molecule has 1 aromatic carbocycles. The molecule has 0 unspecified atom stereocenters. The van der Waals surface area contributed by atoms with Gasteiger partial charge in [0.15, 0.2) is 0 Å². The third kappa shape index (κ3) is 1.23. The lowest BCUT2D eigenvalue weighted by atomic mass is 10.2. The molecule has 78 valence electrons. The maximum absolute atomic E-state index is 6.08. The van der Waals surface area contributed by atoms with Crippen molar-refractivity contribution in [3.8, 4) is 0 Å². The van der Waals surface area contributed by atoms with Gasteiger partial charge in [0.1, 0.15) is 0 Å². The molecule has 4 heteroatoms. The molecule has 3 rings (SSSR count). The molecule has 0 aliphatic carbocycles. The molecule has 1 N–H and O–H groups in total. The Bertz CT molecular complexity index is 530. The average Bonchev–Trinajstić information content (AvgIpc) is 2.63. The van der Waals surface area contributed by atoms with E-state index in [1.165, 1.54) is 5.52 Å². The highest BCUT2D eigenvalue weighted by molar-refractivity contribution is 6.32. The first-order valence-electron chi connectivity index (χ1n) is 5.16. The minimum Gasteiger partial charge on any atom is -0.356 e. The minimum atomic E-state index is 0.790. The molecule has 2 heterocycles. The molecule has 3 nitrogen and oxygen atoms in total. The van der Waals surface area contributed by atoms with Crippen LogP contribution in [-0.2, 0) is 6.54 Å². The van der Waals surface area contributed by atoms with Crippen LogP contribution in [0.2, 0.25) is 5.02 Å². The Morgan fingerprint density at radius 3 is 3.20 bits per heavy atom. The van der Waals surface area contributed by atoms with E-state index in [9.17, 15) is 0 Å². The maximum Gasteiger partial charge on any atom is 0.203 e. The van der Waals surface area contributed by atoms with Gasteiger partial charge in [-0.05, 0) is 31.0 Å². The summed E-state index contributed by atoms with van der Waals surface area (Å²) in [6, 6.07) is 4.00. The molecule has 0 radical (unpaired) electrons. The van der Waals surface area contributed by atoms with Gasteiger partial charge in [0, 0.05) is 18.1 Å². The van der Waals surface area contributed by atoms with Crippen molar-refractivity contribution in [2.75, 3.05) is 11.9 Å². The second-order valence-corrected chi connectivity index (χ2v) is 4.31. The zero-order chi connectivity index (χ0) is 10.4. The number of hydrogen-bond acceptors (Lipinski definition) is 2. The summed E-state index contributed by atoms with van der Waals surface area (Å²) in [5, 5.41) is 4.10. The highest BCUT2D eigenvalue weighted by Crippen LogP contribution is 2.28. The van der Waals surface area contributed by atoms with Gasteiger partial charge in [0.05, 0.1) is 11.0 Å². The Hall–Kier alpha value is -1.22. The van der Waals surface area contributed by atoms with E-state index in [4.69, 9.17) is 11.6 Å². The first-order chi connectivity index (χ1) is 7.27. The molecular weight excluding hydrogens is 210 g/mol. The molecule has 2 aromatic rings. The molecule has 15 heavy (non-hydrogen) atoms. The number of aryl methyl sites for hydroxylation is 2.